The van der Waals surface area contributed by atoms with Crippen molar-refractivity contribution in [1.82, 2.24) is 10.2 Å². The normalized spacial score (nSPS) is 19.3. The largest absolute Gasteiger partial charge is 0.480 e. The quantitative estimate of drug-likeness (QED) is 0.874. The van der Waals surface area contributed by atoms with Crippen molar-refractivity contribution in [3.8, 4) is 0 Å². The van der Waals surface area contributed by atoms with Gasteiger partial charge in [0.15, 0.2) is 0 Å². The first kappa shape index (κ1) is 15.4. The van der Waals surface area contributed by atoms with Crippen molar-refractivity contribution in [2.24, 2.45) is 0 Å². The molecule has 114 valence electrons. The molecule has 0 saturated carbocycles. The van der Waals surface area contributed by atoms with Crippen molar-refractivity contribution >= 4 is 12.0 Å². The summed E-state index contributed by atoms with van der Waals surface area (Å²) in [6.45, 7) is 2.76. The predicted octanol–water partition coefficient (Wildman–Crippen LogP) is 2.27. The number of carbonyl (C=O) groups excluding carboxylic acids is 1. The Balaban J connectivity index is 1.99. The monoisotopic (exact) mass is 290 g/mol. The summed E-state index contributed by atoms with van der Waals surface area (Å²) in [4.78, 5) is 25.4. The molecule has 0 bridgehead atoms. The Morgan fingerprint density at radius 1 is 1.38 bits per heavy atom. The highest BCUT2D eigenvalue weighted by Crippen LogP contribution is 2.19. The molecule has 2 N–H and O–H groups in total. The molecular weight excluding hydrogens is 268 g/mol. The van der Waals surface area contributed by atoms with Gasteiger partial charge in [0.2, 0.25) is 0 Å². The van der Waals surface area contributed by atoms with Crippen LogP contribution in [0.3, 0.4) is 0 Å². The molecule has 1 saturated heterocycles. The van der Waals surface area contributed by atoms with Gasteiger partial charge in [-0.2, -0.15) is 0 Å². The first-order valence-electron chi connectivity index (χ1n) is 7.45. The number of carbonyl (C=O) groups is 2. The Labute approximate surface area is 125 Å². The van der Waals surface area contributed by atoms with Gasteiger partial charge >= 0.3 is 12.0 Å². The summed E-state index contributed by atoms with van der Waals surface area (Å²) in [7, 11) is 0. The zero-order chi connectivity index (χ0) is 15.2. The molecule has 1 aromatic rings. The lowest BCUT2D eigenvalue weighted by atomic mass is 10.1. The van der Waals surface area contributed by atoms with Crippen LogP contribution in [0.4, 0.5) is 4.79 Å². The van der Waals surface area contributed by atoms with E-state index in [4.69, 9.17) is 0 Å². The van der Waals surface area contributed by atoms with Crippen LogP contribution < -0.4 is 5.32 Å². The Kier molecular flexibility index (Phi) is 5.20. The van der Waals surface area contributed by atoms with Gasteiger partial charge in [-0.15, -0.1) is 0 Å². The standard InChI is InChI=1S/C16H22N2O3/c1-2-13-9-6-10-18(13)16(21)17-14(15(19)20)11-12-7-4-3-5-8-12/h3-5,7-8,13-14H,2,6,9-11H2,1H3,(H,17,21)(H,19,20)/t13?,14-/m0/s1. The number of carboxylic acid groups (broad SMARTS) is 1. The highest BCUT2D eigenvalue weighted by atomic mass is 16.4. The lowest BCUT2D eigenvalue weighted by molar-refractivity contribution is -0.139. The van der Waals surface area contributed by atoms with E-state index in [9.17, 15) is 14.7 Å². The first-order valence-corrected chi connectivity index (χ1v) is 7.45. The number of nitrogens with one attached hydrogen (secondary N) is 1. The lowest BCUT2D eigenvalue weighted by Crippen LogP contribution is -2.50. The molecule has 2 amide bonds. The minimum atomic E-state index is -1.00. The van der Waals surface area contributed by atoms with Crippen LogP contribution in [0, 0.1) is 0 Å². The Hall–Kier alpha value is -2.04. The fourth-order valence-electron chi connectivity index (χ4n) is 2.81. The third kappa shape index (κ3) is 3.97. The van der Waals surface area contributed by atoms with Crippen LogP contribution >= 0.6 is 0 Å². The van der Waals surface area contributed by atoms with Crippen molar-refractivity contribution in [3.63, 3.8) is 0 Å². The van der Waals surface area contributed by atoms with Crippen LogP contribution in [-0.4, -0.2) is 40.6 Å². The average molecular weight is 290 g/mol. The number of aliphatic carboxylic acids is 1. The first-order chi connectivity index (χ1) is 10.1. The van der Waals surface area contributed by atoms with E-state index in [2.05, 4.69) is 12.2 Å². The van der Waals surface area contributed by atoms with Gasteiger partial charge in [0, 0.05) is 19.0 Å². The van der Waals surface area contributed by atoms with Gasteiger partial charge in [-0.05, 0) is 24.8 Å². The second-order valence-electron chi connectivity index (χ2n) is 5.43. The molecule has 1 aliphatic rings. The highest BCUT2D eigenvalue weighted by Gasteiger charge is 2.30. The second kappa shape index (κ2) is 7.11. The molecule has 1 aromatic carbocycles. The second-order valence-corrected chi connectivity index (χ2v) is 5.43. The number of urea groups is 1. The van der Waals surface area contributed by atoms with Gasteiger partial charge in [0.1, 0.15) is 6.04 Å². The molecule has 2 rings (SSSR count). The van der Waals surface area contributed by atoms with Crippen LogP contribution in [0.1, 0.15) is 31.7 Å². The molecule has 1 fully saturated rings. The molecule has 1 aliphatic heterocycles. The van der Waals surface area contributed by atoms with Gasteiger partial charge in [-0.3, -0.25) is 0 Å². The zero-order valence-electron chi connectivity index (χ0n) is 12.3. The van der Waals surface area contributed by atoms with E-state index in [0.29, 0.717) is 13.0 Å². The summed E-state index contributed by atoms with van der Waals surface area (Å²) in [5.41, 5.74) is 0.902. The molecule has 0 radical (unpaired) electrons. The minimum Gasteiger partial charge on any atom is -0.480 e. The van der Waals surface area contributed by atoms with E-state index >= 15 is 0 Å². The summed E-state index contributed by atoms with van der Waals surface area (Å²) in [6.07, 6.45) is 3.19. The summed E-state index contributed by atoms with van der Waals surface area (Å²) < 4.78 is 0. The number of hydrogen-bond acceptors (Lipinski definition) is 2. The number of rotatable bonds is 5. The number of hydrogen-bond donors (Lipinski definition) is 2. The van der Waals surface area contributed by atoms with Gasteiger partial charge in [-0.1, -0.05) is 37.3 Å². The molecule has 21 heavy (non-hydrogen) atoms. The maximum absolute atomic E-state index is 12.3. The molecule has 0 aliphatic carbocycles. The van der Waals surface area contributed by atoms with Crippen molar-refractivity contribution in [1.29, 1.82) is 0 Å². The highest BCUT2D eigenvalue weighted by molar-refractivity contribution is 5.83. The van der Waals surface area contributed by atoms with Crippen LogP contribution in [-0.2, 0) is 11.2 Å². The van der Waals surface area contributed by atoms with E-state index < -0.39 is 12.0 Å². The van der Waals surface area contributed by atoms with Crippen molar-refractivity contribution in [2.45, 2.75) is 44.7 Å². The average Bonchev–Trinajstić information content (AvgIpc) is 2.96. The van der Waals surface area contributed by atoms with Crippen LogP contribution in [0.15, 0.2) is 30.3 Å². The summed E-state index contributed by atoms with van der Waals surface area (Å²) >= 11 is 0. The summed E-state index contributed by atoms with van der Waals surface area (Å²) in [6, 6.07) is 8.43. The molecule has 2 atom stereocenters. The van der Waals surface area contributed by atoms with Gasteiger partial charge < -0.3 is 15.3 Å². The van der Waals surface area contributed by atoms with Crippen LogP contribution in [0.2, 0.25) is 0 Å². The Morgan fingerprint density at radius 2 is 2.10 bits per heavy atom. The maximum atomic E-state index is 12.3. The number of amides is 2. The molecule has 1 heterocycles. The predicted molar refractivity (Wildman–Crippen MR) is 80.1 cm³/mol. The smallest absolute Gasteiger partial charge is 0.326 e. The Morgan fingerprint density at radius 3 is 2.71 bits per heavy atom. The molecule has 1 unspecified atom stereocenters. The van der Waals surface area contributed by atoms with Gasteiger partial charge in [0.05, 0.1) is 0 Å². The van der Waals surface area contributed by atoms with Gasteiger partial charge in [-0.25, -0.2) is 9.59 Å². The molecule has 0 spiro atoms. The van der Waals surface area contributed by atoms with E-state index in [0.717, 1.165) is 24.8 Å². The van der Waals surface area contributed by atoms with Crippen LogP contribution in [0.5, 0.6) is 0 Å². The number of nitrogens with zero attached hydrogens (tertiary/aromatic N) is 1. The third-order valence-corrected chi connectivity index (χ3v) is 3.99. The summed E-state index contributed by atoms with van der Waals surface area (Å²) in [5.74, 6) is -1.00. The van der Waals surface area contributed by atoms with E-state index in [-0.39, 0.29) is 12.1 Å². The maximum Gasteiger partial charge on any atom is 0.326 e. The topological polar surface area (TPSA) is 69.6 Å². The number of likely N-dealkylation sites (tertiary alicyclic amines) is 1. The van der Waals surface area contributed by atoms with Crippen molar-refractivity contribution < 1.29 is 14.7 Å². The SMILES string of the molecule is CCC1CCCN1C(=O)N[C@@H](Cc1ccccc1)C(=O)O. The van der Waals surface area contributed by atoms with E-state index in [1.165, 1.54) is 0 Å². The van der Waals surface area contributed by atoms with Crippen molar-refractivity contribution in [3.05, 3.63) is 35.9 Å². The lowest BCUT2D eigenvalue weighted by Gasteiger charge is -2.26. The molecule has 0 aromatic heterocycles. The summed E-state index contributed by atoms with van der Waals surface area (Å²) in [5, 5.41) is 12.0. The third-order valence-electron chi connectivity index (χ3n) is 3.99. The fourth-order valence-corrected chi connectivity index (χ4v) is 2.81. The van der Waals surface area contributed by atoms with Crippen molar-refractivity contribution in [2.75, 3.05) is 6.54 Å². The molecule has 5 nitrogen and oxygen atoms in total. The van der Waals surface area contributed by atoms with Gasteiger partial charge in [0.25, 0.3) is 0 Å². The molecule has 5 heteroatoms. The zero-order valence-corrected chi connectivity index (χ0v) is 12.3. The molecular formula is C16H22N2O3. The fraction of sp³-hybridized carbons (Fsp3) is 0.500. The van der Waals surface area contributed by atoms with E-state index in [1.807, 2.05) is 30.3 Å². The van der Waals surface area contributed by atoms with E-state index in [1.54, 1.807) is 4.90 Å². The number of benzene rings is 1. The number of carboxylic acids is 1. The van der Waals surface area contributed by atoms with Crippen LogP contribution in [0.25, 0.3) is 0 Å². The Bertz CT molecular complexity index is 490. The minimum absolute atomic E-state index is 0.233.